The molecule has 0 saturated carbocycles. The third-order valence-corrected chi connectivity index (χ3v) is 2.71. The molecule has 1 amide bonds. The normalized spacial score (nSPS) is 10.2. The van der Waals surface area contributed by atoms with Crippen molar-refractivity contribution in [1.29, 1.82) is 0 Å². The van der Waals surface area contributed by atoms with Gasteiger partial charge in [0.2, 0.25) is 0 Å². The molecule has 5 heteroatoms. The Morgan fingerprint density at radius 2 is 1.84 bits per heavy atom. The maximum absolute atomic E-state index is 11.9. The van der Waals surface area contributed by atoms with Gasteiger partial charge in [0.05, 0.1) is 11.4 Å². The summed E-state index contributed by atoms with van der Waals surface area (Å²) in [5.74, 6) is -0.553. The second-order valence-electron chi connectivity index (χ2n) is 4.32. The van der Waals surface area contributed by atoms with Crippen molar-refractivity contribution in [3.8, 4) is 5.75 Å². The van der Waals surface area contributed by atoms with E-state index in [1.807, 2.05) is 6.92 Å². The lowest BCUT2D eigenvalue weighted by Crippen LogP contribution is -2.13. The van der Waals surface area contributed by atoms with Crippen molar-refractivity contribution in [3.05, 3.63) is 47.3 Å². The van der Waals surface area contributed by atoms with E-state index >= 15 is 0 Å². The number of hydrogen-bond donors (Lipinski definition) is 3. The molecule has 0 aliphatic carbocycles. The van der Waals surface area contributed by atoms with Gasteiger partial charge in [-0.2, -0.15) is 0 Å². The largest absolute Gasteiger partial charge is 0.506 e. The molecule has 1 heterocycles. The Hall–Kier alpha value is -2.56. The average Bonchev–Trinajstić information content (AvgIpc) is 2.83. The summed E-state index contributed by atoms with van der Waals surface area (Å²) in [6.45, 7) is 3.28. The van der Waals surface area contributed by atoms with Crippen molar-refractivity contribution >= 4 is 17.4 Å². The summed E-state index contributed by atoms with van der Waals surface area (Å²) >= 11 is 0. The van der Waals surface area contributed by atoms with Gasteiger partial charge in [-0.3, -0.25) is 9.59 Å². The van der Waals surface area contributed by atoms with E-state index in [9.17, 15) is 14.7 Å². The molecule has 0 spiro atoms. The number of aromatic hydroxyl groups is 1. The number of rotatable bonds is 3. The molecule has 98 valence electrons. The first-order valence-corrected chi connectivity index (χ1v) is 5.78. The maximum Gasteiger partial charge on any atom is 0.272 e. The van der Waals surface area contributed by atoms with Crippen molar-refractivity contribution < 1.29 is 14.7 Å². The number of amides is 1. The number of anilines is 1. The molecular weight excluding hydrogens is 244 g/mol. The summed E-state index contributed by atoms with van der Waals surface area (Å²) in [5.41, 5.74) is 1.90. The summed E-state index contributed by atoms with van der Waals surface area (Å²) in [5, 5.41) is 12.2. The second-order valence-corrected chi connectivity index (χ2v) is 4.32. The number of hydrogen-bond acceptors (Lipinski definition) is 3. The molecule has 2 rings (SSSR count). The third kappa shape index (κ3) is 2.82. The van der Waals surface area contributed by atoms with Crippen molar-refractivity contribution in [2.45, 2.75) is 13.8 Å². The van der Waals surface area contributed by atoms with Crippen molar-refractivity contribution in [2.75, 3.05) is 5.32 Å². The highest BCUT2D eigenvalue weighted by atomic mass is 16.3. The number of phenolic OH excluding ortho intramolecular Hbond substituents is 1. The first kappa shape index (κ1) is 12.9. The molecular formula is C14H14N2O3. The van der Waals surface area contributed by atoms with E-state index in [-0.39, 0.29) is 17.2 Å². The van der Waals surface area contributed by atoms with Crippen LogP contribution in [0.2, 0.25) is 0 Å². The zero-order valence-electron chi connectivity index (χ0n) is 10.7. The van der Waals surface area contributed by atoms with E-state index in [1.165, 1.54) is 19.1 Å². The minimum absolute atomic E-state index is 0.00250. The fourth-order valence-electron chi connectivity index (χ4n) is 1.67. The van der Waals surface area contributed by atoms with E-state index in [0.29, 0.717) is 11.4 Å². The predicted molar refractivity (Wildman–Crippen MR) is 71.6 cm³/mol. The van der Waals surface area contributed by atoms with E-state index in [0.717, 1.165) is 5.56 Å². The Bertz CT molecular complexity index is 644. The van der Waals surface area contributed by atoms with E-state index in [2.05, 4.69) is 10.3 Å². The molecule has 0 unspecified atom stereocenters. The number of benzene rings is 1. The van der Waals surface area contributed by atoms with Gasteiger partial charge in [-0.25, -0.2) is 0 Å². The number of phenols is 1. The Morgan fingerprint density at radius 1 is 1.16 bits per heavy atom. The van der Waals surface area contributed by atoms with Crippen LogP contribution in [0.5, 0.6) is 5.75 Å². The number of carbonyl (C=O) groups excluding carboxylic acids is 2. The molecule has 0 fully saturated rings. The van der Waals surface area contributed by atoms with Gasteiger partial charge in [-0.15, -0.1) is 0 Å². The number of H-pyrrole nitrogens is 1. The molecule has 0 saturated heterocycles. The van der Waals surface area contributed by atoms with Gasteiger partial charge in [0.15, 0.2) is 5.78 Å². The zero-order chi connectivity index (χ0) is 14.0. The highest BCUT2D eigenvalue weighted by molar-refractivity contribution is 6.05. The van der Waals surface area contributed by atoms with Gasteiger partial charge in [0.1, 0.15) is 11.4 Å². The summed E-state index contributed by atoms with van der Waals surface area (Å²) in [6.07, 6.45) is 0. The van der Waals surface area contributed by atoms with E-state index in [1.54, 1.807) is 18.2 Å². The van der Waals surface area contributed by atoms with Crippen LogP contribution in [0.15, 0.2) is 30.3 Å². The molecule has 1 aromatic heterocycles. The fourth-order valence-corrected chi connectivity index (χ4v) is 1.67. The van der Waals surface area contributed by atoms with Gasteiger partial charge in [-0.1, -0.05) is 6.07 Å². The molecule has 1 aromatic carbocycles. The smallest absolute Gasteiger partial charge is 0.272 e. The van der Waals surface area contributed by atoms with Crippen LogP contribution < -0.4 is 5.32 Å². The molecule has 0 radical (unpaired) electrons. The van der Waals surface area contributed by atoms with Crippen LogP contribution in [-0.2, 0) is 0 Å². The van der Waals surface area contributed by atoms with Gasteiger partial charge in [0.25, 0.3) is 5.91 Å². The van der Waals surface area contributed by atoms with Crippen molar-refractivity contribution in [1.82, 2.24) is 4.98 Å². The maximum atomic E-state index is 11.9. The Balaban J connectivity index is 2.20. The quantitative estimate of drug-likeness (QED) is 0.584. The van der Waals surface area contributed by atoms with Crippen molar-refractivity contribution in [3.63, 3.8) is 0 Å². The van der Waals surface area contributed by atoms with Crippen LogP contribution in [0.3, 0.4) is 0 Å². The third-order valence-electron chi connectivity index (χ3n) is 2.71. The lowest BCUT2D eigenvalue weighted by Gasteiger charge is -2.07. The summed E-state index contributed by atoms with van der Waals surface area (Å²) in [6, 6.07) is 8.00. The average molecular weight is 258 g/mol. The first-order valence-electron chi connectivity index (χ1n) is 5.78. The van der Waals surface area contributed by atoms with Crippen LogP contribution in [-0.4, -0.2) is 21.8 Å². The van der Waals surface area contributed by atoms with E-state index < -0.39 is 5.91 Å². The van der Waals surface area contributed by atoms with Gasteiger partial charge < -0.3 is 15.4 Å². The fraction of sp³-hybridized carbons (Fsp3) is 0.143. The Labute approximate surface area is 110 Å². The highest BCUT2D eigenvalue weighted by Gasteiger charge is 2.12. The first-order chi connectivity index (χ1) is 8.97. The summed E-state index contributed by atoms with van der Waals surface area (Å²) in [4.78, 5) is 25.8. The monoisotopic (exact) mass is 258 g/mol. The number of aromatic amines is 1. The van der Waals surface area contributed by atoms with Crippen LogP contribution in [0.1, 0.15) is 33.5 Å². The molecule has 0 aliphatic rings. The molecule has 2 aromatic rings. The molecule has 3 N–H and O–H groups in total. The summed E-state index contributed by atoms with van der Waals surface area (Å²) in [7, 11) is 0. The SMILES string of the molecule is CC(=O)c1ccc(C(=O)Nc2cc(C)ccc2O)[nH]1. The second kappa shape index (κ2) is 4.97. The number of aryl methyl sites for hydroxylation is 1. The van der Waals surface area contributed by atoms with Crippen LogP contribution in [0.25, 0.3) is 0 Å². The number of ketones is 1. The van der Waals surface area contributed by atoms with E-state index in [4.69, 9.17) is 0 Å². The molecule has 0 aliphatic heterocycles. The highest BCUT2D eigenvalue weighted by Crippen LogP contribution is 2.24. The minimum Gasteiger partial charge on any atom is -0.506 e. The van der Waals surface area contributed by atoms with Crippen LogP contribution >= 0.6 is 0 Å². The lowest BCUT2D eigenvalue weighted by molar-refractivity contribution is 0.101. The van der Waals surface area contributed by atoms with Crippen LogP contribution in [0, 0.1) is 6.92 Å². The molecule has 5 nitrogen and oxygen atoms in total. The van der Waals surface area contributed by atoms with Gasteiger partial charge in [-0.05, 0) is 36.8 Å². The zero-order valence-corrected chi connectivity index (χ0v) is 10.7. The number of Topliss-reactive ketones (excluding diaryl/α,β-unsaturated/α-hetero) is 1. The Kier molecular flexibility index (Phi) is 3.37. The predicted octanol–water partition coefficient (Wildman–Crippen LogP) is 2.48. The number of carbonyl (C=O) groups is 2. The lowest BCUT2D eigenvalue weighted by atomic mass is 10.2. The standard InChI is InChI=1S/C14H14N2O3/c1-8-3-6-13(18)12(7-8)16-14(19)11-5-4-10(15-11)9(2)17/h3-7,15,18H,1-2H3,(H,16,19). The van der Waals surface area contributed by atoms with Crippen LogP contribution in [0.4, 0.5) is 5.69 Å². The Morgan fingerprint density at radius 3 is 2.47 bits per heavy atom. The topological polar surface area (TPSA) is 82.2 Å². The van der Waals surface area contributed by atoms with Gasteiger partial charge >= 0.3 is 0 Å². The molecule has 19 heavy (non-hydrogen) atoms. The summed E-state index contributed by atoms with van der Waals surface area (Å²) < 4.78 is 0. The van der Waals surface area contributed by atoms with Crippen molar-refractivity contribution in [2.24, 2.45) is 0 Å². The molecule has 0 atom stereocenters. The number of nitrogens with one attached hydrogen (secondary N) is 2. The number of aromatic nitrogens is 1. The molecule has 0 bridgehead atoms. The minimum atomic E-state index is -0.409. The van der Waals surface area contributed by atoms with Gasteiger partial charge in [0, 0.05) is 6.92 Å².